The number of hydrogen-bond donors (Lipinski definition) is 2. The van der Waals surface area contributed by atoms with E-state index < -0.39 is 49.2 Å². The molecule has 0 amide bonds. The Morgan fingerprint density at radius 2 is 1.88 bits per heavy atom. The van der Waals surface area contributed by atoms with Crippen LogP contribution in [0.2, 0.25) is 0 Å². The van der Waals surface area contributed by atoms with Gasteiger partial charge in [-0.1, -0.05) is 23.8 Å². The van der Waals surface area contributed by atoms with Crippen LogP contribution in [0.4, 0.5) is 0 Å². The fourth-order valence-electron chi connectivity index (χ4n) is 3.74. The normalized spacial score (nSPS) is 27.5. The highest BCUT2D eigenvalue weighted by Crippen LogP contribution is 2.36. The number of hydrogen-bond acceptors (Lipinski definition) is 8. The Balaban J connectivity index is 2.26. The number of aliphatic hydroxyl groups is 2. The predicted molar refractivity (Wildman–Crippen MR) is 121 cm³/mol. The summed E-state index contributed by atoms with van der Waals surface area (Å²) in [5, 5.41) is 18.2. The third kappa shape index (κ3) is 7.27. The van der Waals surface area contributed by atoms with Crippen molar-refractivity contribution in [2.24, 2.45) is 5.92 Å². The van der Waals surface area contributed by atoms with Crippen LogP contribution in [0.5, 0.6) is 0 Å². The van der Waals surface area contributed by atoms with Crippen LogP contribution in [0.3, 0.4) is 0 Å². The quantitative estimate of drug-likeness (QED) is 0.257. The molecule has 33 heavy (non-hydrogen) atoms. The van der Waals surface area contributed by atoms with Crippen molar-refractivity contribution in [1.82, 2.24) is 0 Å². The van der Waals surface area contributed by atoms with E-state index in [9.17, 15) is 19.5 Å². The van der Waals surface area contributed by atoms with Gasteiger partial charge < -0.3 is 24.4 Å². The Kier molecular flexibility index (Phi) is 9.81. The van der Waals surface area contributed by atoms with Crippen LogP contribution in [0.25, 0.3) is 0 Å². The second-order valence-corrected chi connectivity index (χ2v) is 8.23. The third-order valence-electron chi connectivity index (χ3n) is 5.60. The predicted octanol–water partition coefficient (Wildman–Crippen LogP) is 2.47. The van der Waals surface area contributed by atoms with Crippen molar-refractivity contribution in [2.45, 2.75) is 52.2 Å². The van der Waals surface area contributed by atoms with E-state index in [1.165, 1.54) is 19.1 Å². The lowest BCUT2D eigenvalue weighted by atomic mass is 9.85. The summed E-state index contributed by atoms with van der Waals surface area (Å²) in [5.41, 5.74) is 2.43. The number of esters is 3. The van der Waals surface area contributed by atoms with Crippen molar-refractivity contribution in [2.75, 3.05) is 19.8 Å². The largest absolute Gasteiger partial charge is 0.458 e. The Morgan fingerprint density at radius 1 is 1.18 bits per heavy atom. The number of aliphatic hydroxyl groups excluding tert-OH is 2. The van der Waals surface area contributed by atoms with E-state index in [2.05, 4.69) is 12.7 Å². The first kappa shape index (κ1) is 26.3. The Hall–Kier alpha value is -2.97. The molecular formula is C25H32O8. The molecule has 180 valence electrons. The summed E-state index contributed by atoms with van der Waals surface area (Å²) in [7, 11) is 0. The molecule has 1 fully saturated rings. The molecule has 0 saturated carbocycles. The maximum Gasteiger partial charge on any atom is 0.337 e. The van der Waals surface area contributed by atoms with Gasteiger partial charge in [-0.25, -0.2) is 14.4 Å². The lowest BCUT2D eigenvalue weighted by Crippen LogP contribution is -2.34. The molecule has 0 bridgehead atoms. The standard InChI is InChI=1S/C25H32O8/c1-15-6-5-7-16(2)13-21(22-18(4)24(29)32-20(22)12-15)33-25(30)19(9-11-27)14-31-23(28)17(3)8-10-26/h7-9,12,20-22,26-27H,4-6,10-11,13-14H2,1-3H3/b15-12+,16-7+,17-8+,19-9+/t20-,21-,22+/m1/s1. The zero-order chi connectivity index (χ0) is 24.5. The lowest BCUT2D eigenvalue weighted by Gasteiger charge is -2.27. The number of rotatable bonds is 7. The van der Waals surface area contributed by atoms with E-state index in [0.29, 0.717) is 6.42 Å². The summed E-state index contributed by atoms with van der Waals surface area (Å²) in [6, 6.07) is 0. The fourth-order valence-corrected chi connectivity index (χ4v) is 3.74. The molecule has 8 nitrogen and oxygen atoms in total. The van der Waals surface area contributed by atoms with Crippen LogP contribution in [-0.4, -0.2) is 60.1 Å². The minimum atomic E-state index is -0.776. The molecule has 2 aliphatic rings. The molecule has 1 aliphatic heterocycles. The van der Waals surface area contributed by atoms with Crippen LogP contribution in [0, 0.1) is 5.92 Å². The Labute approximate surface area is 193 Å². The average molecular weight is 461 g/mol. The van der Waals surface area contributed by atoms with Gasteiger partial charge in [0.25, 0.3) is 0 Å². The second kappa shape index (κ2) is 12.3. The molecule has 0 aromatic carbocycles. The molecule has 0 radical (unpaired) electrons. The molecule has 1 heterocycles. The molecule has 1 aliphatic carbocycles. The number of fused-ring (bicyclic) bond motifs is 1. The van der Waals surface area contributed by atoms with Crippen LogP contribution >= 0.6 is 0 Å². The minimum absolute atomic E-state index is 0.0412. The summed E-state index contributed by atoms with van der Waals surface area (Å²) in [6.07, 6.45) is 7.11. The van der Waals surface area contributed by atoms with Gasteiger partial charge in [0, 0.05) is 17.6 Å². The SMILES string of the molecule is C=C1C(=O)O[C@@H]2/C=C(\C)CC/C=C(\C)C[C@@H](OC(=O)/C(=C/CO)COC(=O)/C(C)=C/CO)[C@@H]12. The summed E-state index contributed by atoms with van der Waals surface area (Å²) in [5.74, 6) is -2.57. The van der Waals surface area contributed by atoms with Gasteiger partial charge in [-0.2, -0.15) is 0 Å². The first-order valence-corrected chi connectivity index (χ1v) is 10.9. The van der Waals surface area contributed by atoms with E-state index in [1.807, 2.05) is 19.9 Å². The highest BCUT2D eigenvalue weighted by atomic mass is 16.6. The lowest BCUT2D eigenvalue weighted by molar-refractivity contribution is -0.148. The van der Waals surface area contributed by atoms with E-state index in [0.717, 1.165) is 24.0 Å². The summed E-state index contributed by atoms with van der Waals surface area (Å²) >= 11 is 0. The third-order valence-corrected chi connectivity index (χ3v) is 5.60. The first-order valence-electron chi connectivity index (χ1n) is 10.9. The molecule has 3 atom stereocenters. The van der Waals surface area contributed by atoms with Gasteiger partial charge in [0.05, 0.1) is 24.7 Å². The van der Waals surface area contributed by atoms with Crippen LogP contribution in [0.15, 0.2) is 58.7 Å². The van der Waals surface area contributed by atoms with Crippen molar-refractivity contribution in [3.8, 4) is 0 Å². The molecule has 0 unspecified atom stereocenters. The topological polar surface area (TPSA) is 119 Å². The maximum absolute atomic E-state index is 13.0. The smallest absolute Gasteiger partial charge is 0.337 e. The molecule has 2 N–H and O–H groups in total. The van der Waals surface area contributed by atoms with Crippen molar-refractivity contribution in [3.63, 3.8) is 0 Å². The minimum Gasteiger partial charge on any atom is -0.458 e. The van der Waals surface area contributed by atoms with Gasteiger partial charge in [-0.05, 0) is 51.8 Å². The van der Waals surface area contributed by atoms with E-state index in [-0.39, 0.29) is 23.3 Å². The number of allylic oxidation sites excluding steroid dienone is 2. The Bertz CT molecular complexity index is 905. The maximum atomic E-state index is 13.0. The first-order chi connectivity index (χ1) is 15.7. The van der Waals surface area contributed by atoms with E-state index in [1.54, 1.807) is 0 Å². The van der Waals surface area contributed by atoms with Crippen molar-refractivity contribution < 1.29 is 38.8 Å². The number of carbonyl (C=O) groups is 3. The van der Waals surface area contributed by atoms with Gasteiger partial charge in [0.15, 0.2) is 0 Å². The highest BCUT2D eigenvalue weighted by molar-refractivity contribution is 5.93. The molecule has 0 aromatic rings. The molecular weight excluding hydrogens is 428 g/mol. The van der Waals surface area contributed by atoms with Gasteiger partial charge in [0.1, 0.15) is 18.8 Å². The second-order valence-electron chi connectivity index (χ2n) is 8.23. The number of carbonyl (C=O) groups excluding carboxylic acids is 3. The van der Waals surface area contributed by atoms with Crippen LogP contribution in [-0.2, 0) is 28.6 Å². The van der Waals surface area contributed by atoms with Crippen molar-refractivity contribution in [1.29, 1.82) is 0 Å². The number of ether oxygens (including phenoxy) is 3. The monoisotopic (exact) mass is 460 g/mol. The van der Waals surface area contributed by atoms with Crippen molar-refractivity contribution >= 4 is 17.9 Å². The fraction of sp³-hybridized carbons (Fsp3) is 0.480. The molecule has 0 spiro atoms. The van der Waals surface area contributed by atoms with Gasteiger partial charge in [-0.3, -0.25) is 0 Å². The summed E-state index contributed by atoms with van der Waals surface area (Å²) < 4.78 is 16.4. The average Bonchev–Trinajstić information content (AvgIpc) is 3.02. The van der Waals surface area contributed by atoms with Gasteiger partial charge in [0.2, 0.25) is 0 Å². The highest BCUT2D eigenvalue weighted by Gasteiger charge is 2.44. The zero-order valence-electron chi connectivity index (χ0n) is 19.3. The van der Waals surface area contributed by atoms with E-state index >= 15 is 0 Å². The molecule has 0 aromatic heterocycles. The Morgan fingerprint density at radius 3 is 2.55 bits per heavy atom. The zero-order valence-corrected chi connectivity index (χ0v) is 19.3. The summed E-state index contributed by atoms with van der Waals surface area (Å²) in [4.78, 5) is 37.2. The van der Waals surface area contributed by atoms with Crippen LogP contribution in [0.1, 0.15) is 40.0 Å². The molecule has 2 rings (SSSR count). The molecule has 8 heteroatoms. The van der Waals surface area contributed by atoms with Gasteiger partial charge in [-0.15, -0.1) is 0 Å². The van der Waals surface area contributed by atoms with E-state index in [4.69, 9.17) is 19.3 Å². The summed E-state index contributed by atoms with van der Waals surface area (Å²) in [6.45, 7) is 8.03. The van der Waals surface area contributed by atoms with Crippen molar-refractivity contribution in [3.05, 3.63) is 58.7 Å². The molecule has 1 saturated heterocycles. The van der Waals surface area contributed by atoms with Crippen LogP contribution < -0.4 is 0 Å². The van der Waals surface area contributed by atoms with Gasteiger partial charge >= 0.3 is 17.9 Å².